The second kappa shape index (κ2) is 5.44. The molecule has 0 radical (unpaired) electrons. The van der Waals surface area contributed by atoms with Crippen LogP contribution in [0.2, 0.25) is 0 Å². The molecule has 108 valence electrons. The number of nitrogens with one attached hydrogen (secondary N) is 1. The SMILES string of the molecule is COc1cc2c(cc1OC)[C@H](c1cccnc1)CC(=O)N2. The summed E-state index contributed by atoms with van der Waals surface area (Å²) >= 11 is 0. The van der Waals surface area contributed by atoms with Crippen molar-refractivity contribution >= 4 is 11.6 Å². The summed E-state index contributed by atoms with van der Waals surface area (Å²) in [6, 6.07) is 7.58. The van der Waals surface area contributed by atoms with Gasteiger partial charge in [0.15, 0.2) is 11.5 Å². The molecule has 5 nitrogen and oxygen atoms in total. The van der Waals surface area contributed by atoms with Crippen LogP contribution in [-0.2, 0) is 4.79 Å². The summed E-state index contributed by atoms with van der Waals surface area (Å²) in [7, 11) is 3.18. The van der Waals surface area contributed by atoms with Crippen molar-refractivity contribution in [3.05, 3.63) is 47.8 Å². The van der Waals surface area contributed by atoms with Crippen molar-refractivity contribution in [2.24, 2.45) is 0 Å². The van der Waals surface area contributed by atoms with Gasteiger partial charge in [-0.25, -0.2) is 0 Å². The molecule has 0 aliphatic carbocycles. The van der Waals surface area contributed by atoms with Crippen LogP contribution in [0.3, 0.4) is 0 Å². The molecule has 2 heterocycles. The number of rotatable bonds is 3. The van der Waals surface area contributed by atoms with E-state index >= 15 is 0 Å². The fourth-order valence-corrected chi connectivity index (χ4v) is 2.67. The Labute approximate surface area is 122 Å². The lowest BCUT2D eigenvalue weighted by Gasteiger charge is -2.27. The van der Waals surface area contributed by atoms with Crippen LogP contribution in [0.5, 0.6) is 11.5 Å². The predicted molar refractivity (Wildman–Crippen MR) is 78.9 cm³/mol. The van der Waals surface area contributed by atoms with Crippen LogP contribution in [0.4, 0.5) is 5.69 Å². The van der Waals surface area contributed by atoms with Crippen molar-refractivity contribution < 1.29 is 14.3 Å². The second-order valence-electron chi connectivity index (χ2n) is 4.89. The monoisotopic (exact) mass is 284 g/mol. The van der Waals surface area contributed by atoms with Crippen LogP contribution >= 0.6 is 0 Å². The molecule has 0 unspecified atom stereocenters. The summed E-state index contributed by atoms with van der Waals surface area (Å²) in [5.74, 6) is 1.22. The van der Waals surface area contributed by atoms with Gasteiger partial charge in [-0.05, 0) is 23.3 Å². The maximum absolute atomic E-state index is 12.0. The topological polar surface area (TPSA) is 60.5 Å². The minimum atomic E-state index is -0.0257. The van der Waals surface area contributed by atoms with E-state index in [0.717, 1.165) is 16.8 Å². The molecule has 1 atom stereocenters. The van der Waals surface area contributed by atoms with E-state index in [-0.39, 0.29) is 11.8 Å². The van der Waals surface area contributed by atoms with Gasteiger partial charge in [0.25, 0.3) is 0 Å². The Bertz CT molecular complexity index is 671. The molecule has 2 aromatic rings. The van der Waals surface area contributed by atoms with Gasteiger partial charge in [-0.1, -0.05) is 6.07 Å². The lowest BCUT2D eigenvalue weighted by molar-refractivity contribution is -0.116. The standard InChI is InChI=1S/C16H16N2O3/c1-20-14-6-12-11(10-4-3-5-17-9-10)7-16(19)18-13(12)8-15(14)21-2/h3-6,8-9,11H,7H2,1-2H3,(H,18,19)/t11-/m0/s1. The Balaban J connectivity index is 2.13. The molecule has 1 aromatic carbocycles. The molecular formula is C16H16N2O3. The maximum Gasteiger partial charge on any atom is 0.225 e. The molecular weight excluding hydrogens is 268 g/mol. The van der Waals surface area contributed by atoms with Crippen molar-refractivity contribution in [2.45, 2.75) is 12.3 Å². The number of nitrogens with zero attached hydrogens (tertiary/aromatic N) is 1. The van der Waals surface area contributed by atoms with Crippen molar-refractivity contribution in [3.8, 4) is 11.5 Å². The zero-order chi connectivity index (χ0) is 14.8. The van der Waals surface area contributed by atoms with E-state index in [2.05, 4.69) is 10.3 Å². The van der Waals surface area contributed by atoms with E-state index in [1.54, 1.807) is 32.7 Å². The average molecular weight is 284 g/mol. The summed E-state index contributed by atoms with van der Waals surface area (Å²) in [4.78, 5) is 16.1. The third kappa shape index (κ3) is 2.42. The number of aromatic nitrogens is 1. The van der Waals surface area contributed by atoms with Crippen molar-refractivity contribution in [2.75, 3.05) is 19.5 Å². The van der Waals surface area contributed by atoms with E-state index < -0.39 is 0 Å². The molecule has 0 saturated carbocycles. The van der Waals surface area contributed by atoms with Gasteiger partial charge in [0, 0.05) is 36.5 Å². The number of anilines is 1. The molecule has 0 fully saturated rings. The first kappa shape index (κ1) is 13.4. The molecule has 1 N–H and O–H groups in total. The Kier molecular flexibility index (Phi) is 3.48. The zero-order valence-electron chi connectivity index (χ0n) is 11.9. The summed E-state index contributed by atoms with van der Waals surface area (Å²) in [6.07, 6.45) is 3.92. The smallest absolute Gasteiger partial charge is 0.225 e. The molecule has 21 heavy (non-hydrogen) atoms. The number of benzene rings is 1. The highest BCUT2D eigenvalue weighted by Crippen LogP contribution is 2.42. The van der Waals surface area contributed by atoms with E-state index in [1.807, 2.05) is 18.2 Å². The first-order valence-electron chi connectivity index (χ1n) is 6.68. The number of fused-ring (bicyclic) bond motifs is 1. The number of pyridine rings is 1. The van der Waals surface area contributed by atoms with E-state index in [0.29, 0.717) is 17.9 Å². The maximum atomic E-state index is 12.0. The molecule has 0 saturated heterocycles. The van der Waals surface area contributed by atoms with Gasteiger partial charge in [-0.2, -0.15) is 0 Å². The highest BCUT2D eigenvalue weighted by atomic mass is 16.5. The van der Waals surface area contributed by atoms with Gasteiger partial charge in [0.2, 0.25) is 5.91 Å². The molecule has 1 aliphatic heterocycles. The number of amides is 1. The fourth-order valence-electron chi connectivity index (χ4n) is 2.67. The fraction of sp³-hybridized carbons (Fsp3) is 0.250. The van der Waals surface area contributed by atoms with Gasteiger partial charge in [0.05, 0.1) is 14.2 Å². The highest BCUT2D eigenvalue weighted by Gasteiger charge is 2.28. The first-order chi connectivity index (χ1) is 10.2. The van der Waals surface area contributed by atoms with Crippen molar-refractivity contribution in [1.82, 2.24) is 4.98 Å². The lowest BCUT2D eigenvalue weighted by Crippen LogP contribution is -2.23. The van der Waals surface area contributed by atoms with Crippen LogP contribution in [-0.4, -0.2) is 25.1 Å². The van der Waals surface area contributed by atoms with Crippen LogP contribution in [0, 0.1) is 0 Å². The Morgan fingerprint density at radius 3 is 2.67 bits per heavy atom. The number of ether oxygens (including phenoxy) is 2. The molecule has 1 amide bonds. The summed E-state index contributed by atoms with van der Waals surface area (Å²) in [5, 5.41) is 2.89. The van der Waals surface area contributed by atoms with Crippen molar-refractivity contribution in [1.29, 1.82) is 0 Å². The van der Waals surface area contributed by atoms with E-state index in [4.69, 9.17) is 9.47 Å². The third-order valence-electron chi connectivity index (χ3n) is 3.68. The average Bonchev–Trinajstić information content (AvgIpc) is 2.53. The summed E-state index contributed by atoms with van der Waals surface area (Å²) in [5.41, 5.74) is 2.79. The first-order valence-corrected chi connectivity index (χ1v) is 6.68. The normalized spacial score (nSPS) is 16.9. The molecule has 1 aromatic heterocycles. The Morgan fingerprint density at radius 2 is 2.00 bits per heavy atom. The van der Waals surface area contributed by atoms with Crippen molar-refractivity contribution in [3.63, 3.8) is 0 Å². The minimum Gasteiger partial charge on any atom is -0.493 e. The van der Waals surface area contributed by atoms with Gasteiger partial charge in [0.1, 0.15) is 0 Å². The van der Waals surface area contributed by atoms with Crippen LogP contribution < -0.4 is 14.8 Å². The van der Waals surface area contributed by atoms with Gasteiger partial charge in [-0.15, -0.1) is 0 Å². The van der Waals surface area contributed by atoms with E-state index in [9.17, 15) is 4.79 Å². The van der Waals surface area contributed by atoms with Crippen LogP contribution in [0.25, 0.3) is 0 Å². The van der Waals surface area contributed by atoms with Gasteiger partial charge in [-0.3, -0.25) is 9.78 Å². The second-order valence-corrected chi connectivity index (χ2v) is 4.89. The van der Waals surface area contributed by atoms with Gasteiger partial charge < -0.3 is 14.8 Å². The molecule has 5 heteroatoms. The number of hydrogen-bond acceptors (Lipinski definition) is 4. The highest BCUT2D eigenvalue weighted by molar-refractivity contribution is 5.96. The van der Waals surface area contributed by atoms with E-state index in [1.165, 1.54) is 0 Å². The van der Waals surface area contributed by atoms with Crippen LogP contribution in [0.15, 0.2) is 36.7 Å². The van der Waals surface area contributed by atoms with Crippen LogP contribution in [0.1, 0.15) is 23.5 Å². The molecule has 1 aliphatic rings. The Hall–Kier alpha value is -2.56. The third-order valence-corrected chi connectivity index (χ3v) is 3.68. The minimum absolute atomic E-state index is 0.0106. The summed E-state index contributed by atoms with van der Waals surface area (Å²) in [6.45, 7) is 0. The largest absolute Gasteiger partial charge is 0.493 e. The molecule has 0 bridgehead atoms. The number of carbonyl (C=O) groups excluding carboxylic acids is 1. The summed E-state index contributed by atoms with van der Waals surface area (Å²) < 4.78 is 10.6. The molecule has 0 spiro atoms. The zero-order valence-corrected chi connectivity index (χ0v) is 11.9. The Morgan fingerprint density at radius 1 is 1.24 bits per heavy atom. The predicted octanol–water partition coefficient (Wildman–Crippen LogP) is 2.57. The number of carbonyl (C=O) groups is 1. The molecule has 3 rings (SSSR count). The number of hydrogen-bond donors (Lipinski definition) is 1. The quantitative estimate of drug-likeness (QED) is 0.941. The van der Waals surface area contributed by atoms with Gasteiger partial charge >= 0.3 is 0 Å². The number of methoxy groups -OCH3 is 2. The lowest BCUT2D eigenvalue weighted by atomic mass is 9.85.